The van der Waals surface area contributed by atoms with E-state index in [1.807, 2.05) is 24.4 Å². The van der Waals surface area contributed by atoms with Crippen molar-refractivity contribution in [2.24, 2.45) is 0 Å². The Kier molecular flexibility index (Phi) is 3.63. The van der Waals surface area contributed by atoms with Crippen molar-refractivity contribution in [1.29, 1.82) is 0 Å². The zero-order valence-corrected chi connectivity index (χ0v) is 13.2. The molecule has 3 aromatic heterocycles. The van der Waals surface area contributed by atoms with Crippen LogP contribution in [-0.4, -0.2) is 31.5 Å². The quantitative estimate of drug-likeness (QED) is 0.801. The molecule has 0 aromatic carbocycles. The van der Waals surface area contributed by atoms with E-state index in [4.69, 9.17) is 0 Å². The number of hydrogen-bond acceptors (Lipinski definition) is 5. The maximum atomic E-state index is 12.4. The van der Waals surface area contributed by atoms with Gasteiger partial charge >= 0.3 is 0 Å². The maximum absolute atomic E-state index is 12.4. The lowest BCUT2D eigenvalue weighted by atomic mass is 10.1. The van der Waals surface area contributed by atoms with Crippen LogP contribution in [0, 0.1) is 0 Å². The fourth-order valence-electron chi connectivity index (χ4n) is 2.73. The molecule has 0 aliphatic carbocycles. The minimum absolute atomic E-state index is 0.115. The van der Waals surface area contributed by atoms with Gasteiger partial charge in [-0.05, 0) is 18.6 Å². The van der Waals surface area contributed by atoms with Gasteiger partial charge in [0, 0.05) is 43.0 Å². The molecule has 0 saturated carbocycles. The van der Waals surface area contributed by atoms with Crippen molar-refractivity contribution in [2.45, 2.75) is 25.4 Å². The lowest BCUT2D eigenvalue weighted by Gasteiger charge is -2.24. The van der Waals surface area contributed by atoms with Crippen LogP contribution in [-0.2, 0) is 13.0 Å². The molecule has 0 fully saturated rings. The van der Waals surface area contributed by atoms with E-state index in [-0.39, 0.29) is 11.9 Å². The summed E-state index contributed by atoms with van der Waals surface area (Å²) in [6.45, 7) is 0.762. The third kappa shape index (κ3) is 2.87. The molecule has 1 amide bonds. The van der Waals surface area contributed by atoms with Gasteiger partial charge in [-0.1, -0.05) is 6.07 Å². The van der Waals surface area contributed by atoms with Gasteiger partial charge in [0.2, 0.25) is 0 Å². The smallest absolute Gasteiger partial charge is 0.271 e. The highest BCUT2D eigenvalue weighted by atomic mass is 32.1. The number of aryl methyl sites for hydroxylation is 1. The summed E-state index contributed by atoms with van der Waals surface area (Å²) in [7, 11) is 0. The molecule has 1 aliphatic rings. The van der Waals surface area contributed by atoms with Gasteiger partial charge in [0.15, 0.2) is 0 Å². The van der Waals surface area contributed by atoms with Crippen molar-refractivity contribution in [1.82, 2.24) is 24.8 Å². The molecule has 3 aromatic rings. The summed E-state index contributed by atoms with van der Waals surface area (Å²) in [6.07, 6.45) is 7.27. The Bertz CT molecular complexity index is 826. The monoisotopic (exact) mass is 325 g/mol. The zero-order chi connectivity index (χ0) is 15.6. The Hall–Kier alpha value is -2.54. The number of rotatable bonds is 3. The number of nitrogens with zero attached hydrogens (tertiary/aromatic N) is 4. The van der Waals surface area contributed by atoms with Gasteiger partial charge in [-0.25, -0.2) is 9.97 Å². The molecule has 0 unspecified atom stereocenters. The van der Waals surface area contributed by atoms with E-state index in [1.165, 1.54) is 11.3 Å². The van der Waals surface area contributed by atoms with Crippen molar-refractivity contribution >= 4 is 17.2 Å². The number of imidazole rings is 1. The van der Waals surface area contributed by atoms with Crippen LogP contribution in [0.5, 0.6) is 0 Å². The van der Waals surface area contributed by atoms with Crippen LogP contribution in [0.4, 0.5) is 0 Å². The molecule has 116 valence electrons. The number of fused-ring (bicyclic) bond motifs is 1. The molecule has 1 atom stereocenters. The van der Waals surface area contributed by atoms with Crippen molar-refractivity contribution in [3.05, 3.63) is 53.7 Å². The highest BCUT2D eigenvalue weighted by Crippen LogP contribution is 2.21. The lowest BCUT2D eigenvalue weighted by Crippen LogP contribution is -2.41. The first kappa shape index (κ1) is 14.1. The third-order valence-corrected chi connectivity index (χ3v) is 4.76. The molecule has 1 N–H and O–H groups in total. The fourth-order valence-corrected chi connectivity index (χ4v) is 3.50. The number of pyridine rings is 1. The highest BCUT2D eigenvalue weighted by molar-refractivity contribution is 7.13. The van der Waals surface area contributed by atoms with Crippen molar-refractivity contribution in [3.63, 3.8) is 0 Å². The number of hydrogen-bond donors (Lipinski definition) is 1. The van der Waals surface area contributed by atoms with E-state index in [9.17, 15) is 4.79 Å². The molecule has 1 aliphatic heterocycles. The molecular weight excluding hydrogens is 310 g/mol. The minimum Gasteiger partial charge on any atom is -0.346 e. The topological polar surface area (TPSA) is 72.7 Å². The summed E-state index contributed by atoms with van der Waals surface area (Å²) in [5.74, 6) is 0.957. The van der Waals surface area contributed by atoms with Gasteiger partial charge in [0.05, 0.1) is 5.69 Å². The summed E-state index contributed by atoms with van der Waals surface area (Å²) in [4.78, 5) is 25.4. The summed E-state index contributed by atoms with van der Waals surface area (Å²) < 4.78 is 2.09. The van der Waals surface area contributed by atoms with Crippen LogP contribution in [0.25, 0.3) is 10.7 Å². The van der Waals surface area contributed by atoms with Crippen LogP contribution in [0.1, 0.15) is 22.7 Å². The van der Waals surface area contributed by atoms with Gasteiger partial charge in [-0.15, -0.1) is 11.3 Å². The van der Waals surface area contributed by atoms with Gasteiger partial charge in [-0.3, -0.25) is 9.78 Å². The van der Waals surface area contributed by atoms with Crippen LogP contribution in [0.2, 0.25) is 0 Å². The van der Waals surface area contributed by atoms with E-state index < -0.39 is 0 Å². The largest absolute Gasteiger partial charge is 0.346 e. The van der Waals surface area contributed by atoms with Gasteiger partial charge in [0.1, 0.15) is 16.5 Å². The number of carbonyl (C=O) groups excluding carboxylic acids is 1. The molecule has 4 rings (SSSR count). The second-order valence-corrected chi connectivity index (χ2v) is 6.32. The first-order chi connectivity index (χ1) is 11.3. The van der Waals surface area contributed by atoms with Gasteiger partial charge in [-0.2, -0.15) is 0 Å². The van der Waals surface area contributed by atoms with E-state index >= 15 is 0 Å². The van der Waals surface area contributed by atoms with Crippen molar-refractivity contribution < 1.29 is 4.79 Å². The van der Waals surface area contributed by atoms with Crippen LogP contribution in [0.3, 0.4) is 0 Å². The standard InChI is InChI=1S/C16H15N5OS/c22-15(19-11-4-5-14-18-7-8-21(14)9-11)13-10-23-16(20-13)12-3-1-2-6-17-12/h1-3,6-8,10-11H,4-5,9H2,(H,19,22)/t11-/m0/s1. The zero-order valence-electron chi connectivity index (χ0n) is 12.3. The Morgan fingerprint density at radius 1 is 1.30 bits per heavy atom. The van der Waals surface area contributed by atoms with E-state index in [0.717, 1.165) is 35.9 Å². The summed E-state index contributed by atoms with van der Waals surface area (Å²) in [6, 6.07) is 5.78. The number of nitrogens with one attached hydrogen (secondary N) is 1. The predicted molar refractivity (Wildman–Crippen MR) is 87.1 cm³/mol. The predicted octanol–water partition coefficient (Wildman–Crippen LogP) is 2.15. The first-order valence-electron chi connectivity index (χ1n) is 7.47. The van der Waals surface area contributed by atoms with Gasteiger partial charge in [0.25, 0.3) is 5.91 Å². The lowest BCUT2D eigenvalue weighted by molar-refractivity contribution is 0.0923. The highest BCUT2D eigenvalue weighted by Gasteiger charge is 2.22. The average Bonchev–Trinajstić information content (AvgIpc) is 3.24. The Balaban J connectivity index is 1.45. The van der Waals surface area contributed by atoms with E-state index in [2.05, 4.69) is 24.8 Å². The van der Waals surface area contributed by atoms with Crippen molar-refractivity contribution in [3.8, 4) is 10.7 Å². The normalized spacial score (nSPS) is 16.8. The molecule has 23 heavy (non-hydrogen) atoms. The Morgan fingerprint density at radius 3 is 3.13 bits per heavy atom. The second kappa shape index (κ2) is 5.92. The molecular formula is C16H15N5OS. The van der Waals surface area contributed by atoms with Crippen LogP contribution in [0.15, 0.2) is 42.2 Å². The number of aromatic nitrogens is 4. The fraction of sp³-hybridized carbons (Fsp3) is 0.250. The Labute approximate surface area is 137 Å². The van der Waals surface area contributed by atoms with Gasteiger partial charge < -0.3 is 9.88 Å². The van der Waals surface area contributed by atoms with E-state index in [0.29, 0.717) is 5.69 Å². The van der Waals surface area contributed by atoms with Crippen LogP contribution < -0.4 is 5.32 Å². The molecule has 0 bridgehead atoms. The number of thiazole rings is 1. The van der Waals surface area contributed by atoms with Crippen molar-refractivity contribution in [2.75, 3.05) is 0 Å². The maximum Gasteiger partial charge on any atom is 0.271 e. The average molecular weight is 325 g/mol. The molecule has 7 heteroatoms. The third-order valence-electron chi connectivity index (χ3n) is 3.89. The number of carbonyl (C=O) groups is 1. The molecule has 6 nitrogen and oxygen atoms in total. The SMILES string of the molecule is O=C(N[C@H]1CCc2nccn2C1)c1csc(-c2ccccn2)n1. The first-order valence-corrected chi connectivity index (χ1v) is 8.35. The summed E-state index contributed by atoms with van der Waals surface area (Å²) in [5.41, 5.74) is 1.24. The van der Waals surface area contributed by atoms with Crippen LogP contribution >= 0.6 is 11.3 Å². The molecule has 0 spiro atoms. The number of amides is 1. The molecule has 0 saturated heterocycles. The second-order valence-electron chi connectivity index (χ2n) is 5.46. The van der Waals surface area contributed by atoms with E-state index in [1.54, 1.807) is 17.8 Å². The summed E-state index contributed by atoms with van der Waals surface area (Å²) >= 11 is 1.43. The summed E-state index contributed by atoms with van der Waals surface area (Å²) in [5, 5.41) is 5.61. The molecule has 4 heterocycles. The Morgan fingerprint density at radius 2 is 2.26 bits per heavy atom. The minimum atomic E-state index is -0.128. The molecule has 0 radical (unpaired) electrons.